The van der Waals surface area contributed by atoms with Crippen molar-refractivity contribution in [2.75, 3.05) is 0 Å². The molecular formula is C52H112O7Si5. The molecule has 0 saturated carbocycles. The second kappa shape index (κ2) is 24.9. The lowest BCUT2D eigenvalue weighted by Gasteiger charge is -2.48. The van der Waals surface area contributed by atoms with Crippen LogP contribution < -0.4 is 0 Å². The van der Waals surface area contributed by atoms with Crippen LogP contribution in [0.1, 0.15) is 176 Å². The predicted octanol–water partition coefficient (Wildman–Crippen LogP) is 16.3. The van der Waals surface area contributed by atoms with Gasteiger partial charge in [0.15, 0.2) is 33.3 Å². The Kier molecular flexibility index (Phi) is 25.0. The van der Waals surface area contributed by atoms with E-state index in [1.54, 1.807) is 0 Å². The molecule has 12 heteroatoms. The van der Waals surface area contributed by atoms with Gasteiger partial charge in [0.2, 0.25) is 8.32 Å². The molecule has 2 N–H and O–H groups in total. The van der Waals surface area contributed by atoms with Crippen molar-refractivity contribution < 1.29 is 32.3 Å². The summed E-state index contributed by atoms with van der Waals surface area (Å²) in [6.45, 7) is 68.6. The third-order valence-electron chi connectivity index (χ3n) is 16.2. The average Bonchev–Trinajstić information content (AvgIpc) is 3.03. The first-order valence-electron chi connectivity index (χ1n) is 25.4. The lowest BCUT2D eigenvalue weighted by molar-refractivity contribution is 0.00645. The molecule has 0 spiro atoms. The summed E-state index contributed by atoms with van der Waals surface area (Å²) in [5.74, 6) is 0. The topological polar surface area (TPSA) is 86.6 Å². The number of hydrogen-bond acceptors (Lipinski definition) is 7. The molecule has 0 heterocycles. The van der Waals surface area contributed by atoms with Crippen LogP contribution in [0, 0.1) is 0 Å². The molecule has 7 nitrogen and oxygen atoms in total. The number of hydrogen-bond donors (Lipinski definition) is 2. The summed E-state index contributed by atoms with van der Waals surface area (Å²) in [6, 6.07) is 0. The van der Waals surface area contributed by atoms with Crippen LogP contribution >= 0.6 is 0 Å². The van der Waals surface area contributed by atoms with Gasteiger partial charge in [0.25, 0.3) is 0 Å². The monoisotopic (exact) mass is 989 g/mol. The largest absolute Gasteiger partial charge is 0.414 e. The minimum atomic E-state index is -2.43. The van der Waals surface area contributed by atoms with E-state index in [1.807, 2.05) is 12.2 Å². The van der Waals surface area contributed by atoms with Crippen LogP contribution in [0.2, 0.25) is 89.2 Å². The second-order valence-electron chi connectivity index (χ2n) is 26.8. The zero-order valence-electron chi connectivity index (χ0n) is 47.4. The summed E-state index contributed by atoms with van der Waals surface area (Å²) in [6.07, 6.45) is 6.49. The van der Waals surface area contributed by atoms with Gasteiger partial charge >= 0.3 is 0 Å². The Morgan fingerprint density at radius 3 is 0.734 bits per heavy atom. The van der Waals surface area contributed by atoms with Crippen molar-refractivity contribution in [3.05, 3.63) is 25.3 Å². The normalized spacial score (nSPS) is 18.0. The molecule has 0 fully saturated rings. The molecule has 7 atom stereocenters. The number of rotatable bonds is 29. The van der Waals surface area contributed by atoms with Gasteiger partial charge in [-0.3, -0.25) is 0 Å². The SMILES string of the molecule is C=CCC(O)C[C@H](C[C@H](CC(C[C@H](C[C@H](C[C@@H](O)CC=C)O[Si](C)(C)C(C)(C)C)O[Si](C)(C)C(C)(C)C)O[Si](C(C)C)(C(C)C)C(C)C)O[Si](C)(C)C(C)(C)C)O[Si](C)(C)C(C)(C)C. The summed E-state index contributed by atoms with van der Waals surface area (Å²) in [7, 11) is -11.6. The van der Waals surface area contributed by atoms with Crippen LogP contribution in [-0.2, 0) is 22.1 Å². The number of aliphatic hydroxyl groups excluding tert-OH is 2. The maximum atomic E-state index is 11.4. The van der Waals surface area contributed by atoms with Crippen molar-refractivity contribution >= 4 is 41.6 Å². The summed E-state index contributed by atoms with van der Waals surface area (Å²) in [5, 5.41) is 22.7. The fourth-order valence-corrected chi connectivity index (χ4v) is 19.5. The smallest absolute Gasteiger partial charge is 0.200 e. The van der Waals surface area contributed by atoms with Gasteiger partial charge in [-0.25, -0.2) is 0 Å². The van der Waals surface area contributed by atoms with E-state index < -0.39 is 53.8 Å². The van der Waals surface area contributed by atoms with Crippen molar-refractivity contribution in [1.29, 1.82) is 0 Å². The van der Waals surface area contributed by atoms with Gasteiger partial charge in [0, 0.05) is 30.5 Å². The maximum Gasteiger partial charge on any atom is 0.200 e. The van der Waals surface area contributed by atoms with Gasteiger partial charge in [-0.2, -0.15) is 0 Å². The van der Waals surface area contributed by atoms with E-state index in [9.17, 15) is 10.2 Å². The molecule has 0 radical (unpaired) electrons. The molecule has 0 bridgehead atoms. The summed E-state index contributed by atoms with van der Waals surface area (Å²) >= 11 is 0. The Hall–Kier alpha value is 0.284. The van der Waals surface area contributed by atoms with Crippen molar-refractivity contribution in [1.82, 2.24) is 0 Å². The molecule has 2 unspecified atom stereocenters. The van der Waals surface area contributed by atoms with E-state index in [-0.39, 0.29) is 50.7 Å². The first-order chi connectivity index (χ1) is 28.4. The van der Waals surface area contributed by atoms with Crippen molar-refractivity contribution in [3.8, 4) is 0 Å². The molecule has 64 heavy (non-hydrogen) atoms. The average molecular weight is 990 g/mol. The van der Waals surface area contributed by atoms with Gasteiger partial charge in [0.1, 0.15) is 0 Å². The van der Waals surface area contributed by atoms with E-state index in [0.29, 0.717) is 68.0 Å². The Balaban J connectivity index is 8.22. The van der Waals surface area contributed by atoms with Crippen LogP contribution in [0.4, 0.5) is 0 Å². The standard InChI is InChI=1S/C52H112O7Si5/c1-29-31-42(53)33-44(55-60(21,22)49(9,10)11)35-46(57-62(25,26)51(15,16)17)37-48(59-64(39(3)4,40(5)6)41(7)8)38-47(58-63(27,28)52(18,19)20)36-45(34-43(54)32-30-2)56-61(23,24)50(12,13)14/h29-30,39-48,53-54H,1-2,31-38H2,3-28H3/t42-,43?,44-,45+,46-,47+,48?/m0/s1. The van der Waals surface area contributed by atoms with Crippen LogP contribution in [0.25, 0.3) is 0 Å². The van der Waals surface area contributed by atoms with E-state index in [1.165, 1.54) is 0 Å². The van der Waals surface area contributed by atoms with Crippen LogP contribution in [0.5, 0.6) is 0 Å². The molecule has 0 aliphatic heterocycles. The van der Waals surface area contributed by atoms with Crippen molar-refractivity contribution in [3.63, 3.8) is 0 Å². The third-order valence-corrected chi connectivity index (χ3v) is 40.5. The third kappa shape index (κ3) is 19.6. The van der Waals surface area contributed by atoms with Crippen molar-refractivity contribution in [2.24, 2.45) is 0 Å². The molecule has 0 aromatic heterocycles. The second-order valence-corrected chi connectivity index (χ2v) is 51.3. The van der Waals surface area contributed by atoms with Crippen LogP contribution in [0.15, 0.2) is 25.3 Å². The maximum absolute atomic E-state index is 11.4. The minimum absolute atomic E-state index is 0.00362. The zero-order valence-corrected chi connectivity index (χ0v) is 52.4. The Morgan fingerprint density at radius 1 is 0.375 bits per heavy atom. The molecule has 0 aromatic carbocycles. The van der Waals surface area contributed by atoms with Gasteiger partial charge in [0.05, 0.1) is 12.2 Å². The summed E-state index contributed by atoms with van der Waals surface area (Å²) in [4.78, 5) is 0. The lowest BCUT2D eigenvalue weighted by Crippen LogP contribution is -2.53. The summed E-state index contributed by atoms with van der Waals surface area (Å²) in [5.41, 5.74) is 1.17. The first kappa shape index (κ1) is 64.3. The molecular weight excluding hydrogens is 877 g/mol. The van der Waals surface area contributed by atoms with Gasteiger partial charge in [-0.05, 0) is 141 Å². The Bertz CT molecular complexity index is 1260. The quantitative estimate of drug-likeness (QED) is 0.0570. The molecule has 382 valence electrons. The van der Waals surface area contributed by atoms with E-state index in [4.69, 9.17) is 22.1 Å². The molecule has 0 aliphatic rings. The Morgan fingerprint density at radius 2 is 0.562 bits per heavy atom. The molecule has 0 saturated heterocycles. The molecule has 0 aliphatic carbocycles. The minimum Gasteiger partial charge on any atom is -0.414 e. The van der Waals surface area contributed by atoms with Gasteiger partial charge < -0.3 is 32.3 Å². The highest BCUT2D eigenvalue weighted by Gasteiger charge is 2.50. The first-order valence-corrected chi connectivity index (χ1v) is 39.2. The summed E-state index contributed by atoms with van der Waals surface area (Å²) < 4.78 is 37.8. The van der Waals surface area contributed by atoms with E-state index >= 15 is 0 Å². The Labute approximate surface area is 405 Å². The van der Waals surface area contributed by atoms with E-state index in [0.717, 1.165) is 0 Å². The predicted molar refractivity (Wildman–Crippen MR) is 294 cm³/mol. The fourth-order valence-electron chi connectivity index (χ4n) is 8.39. The highest BCUT2D eigenvalue weighted by atomic mass is 28.4. The highest BCUT2D eigenvalue weighted by molar-refractivity contribution is 6.78. The van der Waals surface area contributed by atoms with Gasteiger partial charge in [-0.15, -0.1) is 13.2 Å². The molecule has 0 amide bonds. The highest BCUT2D eigenvalue weighted by Crippen LogP contribution is 2.47. The van der Waals surface area contributed by atoms with Crippen molar-refractivity contribution in [2.45, 2.75) is 308 Å². The van der Waals surface area contributed by atoms with E-state index in [2.05, 4.69) is 190 Å². The molecule has 0 rings (SSSR count). The number of aliphatic hydroxyl groups is 2. The van der Waals surface area contributed by atoms with Crippen LogP contribution in [-0.4, -0.2) is 94.5 Å². The fraction of sp³-hybridized carbons (Fsp3) is 0.923. The van der Waals surface area contributed by atoms with Gasteiger partial charge in [-0.1, -0.05) is 137 Å². The zero-order chi connectivity index (χ0) is 50.9. The van der Waals surface area contributed by atoms with Crippen LogP contribution in [0.3, 0.4) is 0 Å². The molecule has 0 aromatic rings. The lowest BCUT2D eigenvalue weighted by atomic mass is 9.96.